The molecule has 1 aromatic carbocycles. The quantitative estimate of drug-likeness (QED) is 0.752. The maximum Gasteiger partial charge on any atom is 0.122 e. The molecule has 3 N–H and O–H groups in total. The van der Waals surface area contributed by atoms with Gasteiger partial charge in [-0.15, -0.1) is 0 Å². The molecule has 0 saturated carbocycles. The second-order valence-corrected chi connectivity index (χ2v) is 5.65. The Hall–Kier alpha value is -1.10. The lowest BCUT2D eigenvalue weighted by Crippen LogP contribution is -2.42. The maximum atomic E-state index is 10.2. The predicted octanol–water partition coefficient (Wildman–Crippen LogP) is 0.826. The third kappa shape index (κ3) is 3.08. The minimum Gasteiger partial charge on any atom is -0.493 e. The minimum absolute atomic E-state index is 0.572. The van der Waals surface area contributed by atoms with E-state index in [2.05, 4.69) is 28.8 Å². The number of ether oxygens (including phenoxy) is 1. The van der Waals surface area contributed by atoms with E-state index in [9.17, 15) is 5.11 Å². The summed E-state index contributed by atoms with van der Waals surface area (Å²) in [5.41, 5.74) is 2.00. The fraction of sp³-hybridized carbons (Fsp3) is 0.600. The third-order valence-electron chi connectivity index (χ3n) is 3.98. The molecule has 4 nitrogen and oxygen atoms in total. The van der Waals surface area contributed by atoms with Gasteiger partial charge >= 0.3 is 0 Å². The van der Waals surface area contributed by atoms with E-state index in [0.717, 1.165) is 44.7 Å². The van der Waals surface area contributed by atoms with Crippen LogP contribution in [0, 0.1) is 0 Å². The summed E-state index contributed by atoms with van der Waals surface area (Å²) in [7, 11) is 0. The van der Waals surface area contributed by atoms with Crippen molar-refractivity contribution in [1.29, 1.82) is 0 Å². The summed E-state index contributed by atoms with van der Waals surface area (Å²) in [5, 5.41) is 16.8. The number of rotatable bonds is 4. The van der Waals surface area contributed by atoms with Crippen molar-refractivity contribution in [2.45, 2.75) is 31.4 Å². The van der Waals surface area contributed by atoms with Gasteiger partial charge in [-0.25, -0.2) is 0 Å². The summed E-state index contributed by atoms with van der Waals surface area (Å²) < 4.78 is 5.61. The number of hydrogen-bond acceptors (Lipinski definition) is 4. The van der Waals surface area contributed by atoms with Gasteiger partial charge in [0.15, 0.2) is 0 Å². The molecule has 104 valence electrons. The molecule has 0 aromatic heterocycles. The number of aliphatic hydroxyl groups is 1. The average molecular weight is 262 g/mol. The molecule has 4 heteroatoms. The molecule has 1 saturated heterocycles. The van der Waals surface area contributed by atoms with E-state index in [1.165, 1.54) is 11.1 Å². The highest BCUT2D eigenvalue weighted by Crippen LogP contribution is 2.25. The van der Waals surface area contributed by atoms with Gasteiger partial charge in [0.1, 0.15) is 5.75 Å². The van der Waals surface area contributed by atoms with Gasteiger partial charge in [-0.3, -0.25) is 0 Å². The largest absolute Gasteiger partial charge is 0.493 e. The summed E-state index contributed by atoms with van der Waals surface area (Å²) in [5.74, 6) is 1.04. The van der Waals surface area contributed by atoms with Gasteiger partial charge in [0.05, 0.1) is 12.2 Å². The summed E-state index contributed by atoms with van der Waals surface area (Å²) in [6.45, 7) is 3.89. The van der Waals surface area contributed by atoms with Crippen molar-refractivity contribution >= 4 is 0 Å². The van der Waals surface area contributed by atoms with E-state index in [0.29, 0.717) is 13.1 Å². The molecule has 0 amide bonds. The van der Waals surface area contributed by atoms with Gasteiger partial charge in [-0.2, -0.15) is 0 Å². The number of aryl methyl sites for hydroxylation is 1. The van der Waals surface area contributed by atoms with Crippen LogP contribution < -0.4 is 15.4 Å². The molecular weight excluding hydrogens is 240 g/mol. The Kier molecular flexibility index (Phi) is 3.73. The molecule has 2 heterocycles. The fourth-order valence-corrected chi connectivity index (χ4v) is 2.84. The molecule has 0 bridgehead atoms. The fourth-order valence-electron chi connectivity index (χ4n) is 2.84. The average Bonchev–Trinajstić information content (AvgIpc) is 2.86. The van der Waals surface area contributed by atoms with E-state index in [-0.39, 0.29) is 0 Å². The van der Waals surface area contributed by atoms with Crippen LogP contribution in [0.5, 0.6) is 5.75 Å². The molecule has 1 atom stereocenters. The Bertz CT molecular complexity index is 442. The zero-order valence-corrected chi connectivity index (χ0v) is 11.2. The number of benzene rings is 1. The van der Waals surface area contributed by atoms with Crippen LogP contribution in [0.4, 0.5) is 0 Å². The minimum atomic E-state index is -0.572. The van der Waals surface area contributed by atoms with Gasteiger partial charge in [0.2, 0.25) is 0 Å². The first kappa shape index (κ1) is 12.9. The Morgan fingerprint density at radius 3 is 3.21 bits per heavy atom. The molecule has 0 spiro atoms. The van der Waals surface area contributed by atoms with Crippen molar-refractivity contribution in [3.63, 3.8) is 0 Å². The van der Waals surface area contributed by atoms with E-state index in [4.69, 9.17) is 4.74 Å². The lowest BCUT2D eigenvalue weighted by atomic mass is 10.0. The molecule has 1 fully saturated rings. The first-order chi connectivity index (χ1) is 9.25. The van der Waals surface area contributed by atoms with E-state index in [1.54, 1.807) is 0 Å². The van der Waals surface area contributed by atoms with Crippen LogP contribution in [0.2, 0.25) is 0 Å². The van der Waals surface area contributed by atoms with E-state index in [1.807, 2.05) is 0 Å². The van der Waals surface area contributed by atoms with Gasteiger partial charge < -0.3 is 20.5 Å². The van der Waals surface area contributed by atoms with Crippen LogP contribution in [-0.2, 0) is 13.0 Å². The van der Waals surface area contributed by atoms with Crippen LogP contribution in [0.15, 0.2) is 18.2 Å². The van der Waals surface area contributed by atoms with Gasteiger partial charge in [-0.1, -0.05) is 12.1 Å². The summed E-state index contributed by atoms with van der Waals surface area (Å²) in [4.78, 5) is 0. The smallest absolute Gasteiger partial charge is 0.122 e. The van der Waals surface area contributed by atoms with Crippen LogP contribution >= 0.6 is 0 Å². The van der Waals surface area contributed by atoms with Gasteiger partial charge in [0, 0.05) is 19.6 Å². The SMILES string of the molecule is O[C@]1(CNCc2ccc3c(c2)CCCO3)CCNC1. The summed E-state index contributed by atoms with van der Waals surface area (Å²) >= 11 is 0. The number of hydrogen-bond donors (Lipinski definition) is 3. The highest BCUT2D eigenvalue weighted by molar-refractivity contribution is 5.38. The van der Waals surface area contributed by atoms with Crippen molar-refractivity contribution in [3.05, 3.63) is 29.3 Å². The standard InChI is InChI=1S/C15H22N2O2/c18-15(5-6-16-10-15)11-17-9-12-3-4-14-13(8-12)2-1-7-19-14/h3-4,8,16-18H,1-2,5-7,9-11H2/t15-/m1/s1. The summed E-state index contributed by atoms with van der Waals surface area (Å²) in [6, 6.07) is 6.39. The summed E-state index contributed by atoms with van der Waals surface area (Å²) in [6.07, 6.45) is 3.05. The predicted molar refractivity (Wildman–Crippen MR) is 74.4 cm³/mol. The second-order valence-electron chi connectivity index (χ2n) is 5.65. The lowest BCUT2D eigenvalue weighted by Gasteiger charge is -2.22. The molecule has 2 aliphatic rings. The van der Waals surface area contributed by atoms with Crippen molar-refractivity contribution in [2.24, 2.45) is 0 Å². The molecule has 3 rings (SSSR count). The number of β-amino-alcohol motifs (C(OH)–C–C–N with tert-alkyl or cyclic N) is 1. The maximum absolute atomic E-state index is 10.2. The van der Waals surface area contributed by atoms with Crippen LogP contribution in [-0.4, -0.2) is 36.9 Å². The Morgan fingerprint density at radius 2 is 2.37 bits per heavy atom. The molecule has 0 unspecified atom stereocenters. The molecule has 19 heavy (non-hydrogen) atoms. The van der Waals surface area contributed by atoms with Crippen molar-refractivity contribution in [2.75, 3.05) is 26.2 Å². The highest BCUT2D eigenvalue weighted by Gasteiger charge is 2.30. The Morgan fingerprint density at radius 1 is 1.42 bits per heavy atom. The van der Waals surface area contributed by atoms with Crippen molar-refractivity contribution < 1.29 is 9.84 Å². The molecular formula is C15H22N2O2. The van der Waals surface area contributed by atoms with Crippen molar-refractivity contribution in [3.8, 4) is 5.75 Å². The molecule has 1 aromatic rings. The lowest BCUT2D eigenvalue weighted by molar-refractivity contribution is 0.0609. The molecule has 0 radical (unpaired) electrons. The van der Waals surface area contributed by atoms with Gasteiger partial charge in [-0.05, 0) is 43.0 Å². The third-order valence-corrected chi connectivity index (χ3v) is 3.98. The van der Waals surface area contributed by atoms with Crippen LogP contribution in [0.1, 0.15) is 24.0 Å². The first-order valence-electron chi connectivity index (χ1n) is 7.14. The normalized spacial score (nSPS) is 25.9. The number of fused-ring (bicyclic) bond motifs is 1. The van der Waals surface area contributed by atoms with Crippen molar-refractivity contribution in [1.82, 2.24) is 10.6 Å². The molecule has 0 aliphatic carbocycles. The van der Waals surface area contributed by atoms with Gasteiger partial charge in [0.25, 0.3) is 0 Å². The second kappa shape index (κ2) is 5.49. The van der Waals surface area contributed by atoms with Crippen LogP contribution in [0.25, 0.3) is 0 Å². The molecule has 2 aliphatic heterocycles. The zero-order valence-electron chi connectivity index (χ0n) is 11.2. The Labute approximate surface area is 114 Å². The zero-order chi connectivity index (χ0) is 13.1. The number of nitrogens with one attached hydrogen (secondary N) is 2. The Balaban J connectivity index is 1.55. The first-order valence-corrected chi connectivity index (χ1v) is 7.14. The van der Waals surface area contributed by atoms with Crippen LogP contribution in [0.3, 0.4) is 0 Å². The highest BCUT2D eigenvalue weighted by atomic mass is 16.5. The monoisotopic (exact) mass is 262 g/mol. The topological polar surface area (TPSA) is 53.5 Å². The van der Waals surface area contributed by atoms with E-state index < -0.39 is 5.60 Å². The van der Waals surface area contributed by atoms with E-state index >= 15 is 0 Å².